The van der Waals surface area contributed by atoms with Gasteiger partial charge in [-0.15, -0.1) is 0 Å². The summed E-state index contributed by atoms with van der Waals surface area (Å²) in [6.45, 7) is 11.3. The summed E-state index contributed by atoms with van der Waals surface area (Å²) < 4.78 is 12.0. The number of hydrogen-bond acceptors (Lipinski definition) is 5. The first-order valence-corrected chi connectivity index (χ1v) is 12.4. The van der Waals surface area contributed by atoms with Gasteiger partial charge in [0.25, 0.3) is 5.91 Å². The molecule has 1 aliphatic heterocycles. The lowest BCUT2D eigenvalue weighted by molar-refractivity contribution is -0.126. The van der Waals surface area contributed by atoms with Crippen molar-refractivity contribution in [3.8, 4) is 5.75 Å². The van der Waals surface area contributed by atoms with E-state index in [1.165, 1.54) is 0 Å². The number of amides is 3. The molecule has 1 aliphatic rings. The molecule has 2 heterocycles. The normalized spacial score (nSPS) is 18.4. The molecule has 0 bridgehead atoms. The second-order valence-electron chi connectivity index (χ2n) is 10.6. The number of fused-ring (bicyclic) bond motifs is 1. The Hall–Kier alpha value is -3.35. The van der Waals surface area contributed by atoms with Crippen LogP contribution in [0.15, 0.2) is 47.0 Å². The maximum absolute atomic E-state index is 12.7. The summed E-state index contributed by atoms with van der Waals surface area (Å²) in [6, 6.07) is 13.0. The number of nitrogens with one attached hydrogen (secondary N) is 1. The predicted molar refractivity (Wildman–Crippen MR) is 135 cm³/mol. The fourth-order valence-corrected chi connectivity index (χ4v) is 4.73. The van der Waals surface area contributed by atoms with E-state index in [1.54, 1.807) is 11.8 Å². The maximum atomic E-state index is 12.7. The van der Waals surface area contributed by atoms with E-state index in [0.717, 1.165) is 52.8 Å². The Balaban J connectivity index is 1.47. The van der Waals surface area contributed by atoms with Crippen LogP contribution in [0.3, 0.4) is 0 Å². The number of urea groups is 1. The standard InChI is InChI=1S/C28H35N3O4/c1-6-11-21-23(15-14-20-22(18-27(2,3)4)30-35-24(20)21)34-17-10-16-31-26(33)29-25(32)28(31,5)19-12-8-7-9-13-19/h7-9,12-15H,6,10-11,16-18H2,1-5H3,(H,29,32,33). The molecule has 35 heavy (non-hydrogen) atoms. The molecular formula is C28H35N3O4. The molecule has 1 saturated heterocycles. The van der Waals surface area contributed by atoms with E-state index in [1.807, 2.05) is 42.5 Å². The zero-order valence-electron chi connectivity index (χ0n) is 21.3. The second-order valence-corrected chi connectivity index (χ2v) is 10.6. The fraction of sp³-hybridized carbons (Fsp3) is 0.464. The summed E-state index contributed by atoms with van der Waals surface area (Å²) in [7, 11) is 0. The van der Waals surface area contributed by atoms with Crippen LogP contribution >= 0.6 is 0 Å². The van der Waals surface area contributed by atoms with E-state index in [2.05, 4.69) is 38.2 Å². The Kier molecular flexibility index (Phi) is 6.88. The number of aromatic nitrogens is 1. The van der Waals surface area contributed by atoms with Gasteiger partial charge in [-0.3, -0.25) is 10.1 Å². The number of rotatable bonds is 9. The fourth-order valence-electron chi connectivity index (χ4n) is 4.73. The second kappa shape index (κ2) is 9.72. The van der Waals surface area contributed by atoms with E-state index < -0.39 is 5.54 Å². The molecule has 1 unspecified atom stereocenters. The van der Waals surface area contributed by atoms with Crippen LogP contribution in [0.1, 0.15) is 64.3 Å². The first-order valence-electron chi connectivity index (χ1n) is 12.4. The van der Waals surface area contributed by atoms with Crippen LogP contribution in [0.2, 0.25) is 0 Å². The zero-order valence-corrected chi connectivity index (χ0v) is 21.3. The van der Waals surface area contributed by atoms with Crippen LogP contribution < -0.4 is 10.1 Å². The van der Waals surface area contributed by atoms with Crippen molar-refractivity contribution in [3.63, 3.8) is 0 Å². The van der Waals surface area contributed by atoms with Crippen LogP contribution in [-0.2, 0) is 23.2 Å². The van der Waals surface area contributed by atoms with E-state index in [9.17, 15) is 9.59 Å². The van der Waals surface area contributed by atoms with Gasteiger partial charge in [-0.05, 0) is 49.3 Å². The summed E-state index contributed by atoms with van der Waals surface area (Å²) in [4.78, 5) is 26.8. The van der Waals surface area contributed by atoms with Crippen molar-refractivity contribution in [1.29, 1.82) is 0 Å². The zero-order chi connectivity index (χ0) is 25.2. The molecule has 0 spiro atoms. The Morgan fingerprint density at radius 1 is 1.11 bits per heavy atom. The number of hydrogen-bond donors (Lipinski definition) is 1. The van der Waals surface area contributed by atoms with Gasteiger partial charge in [-0.25, -0.2) is 4.79 Å². The molecule has 1 N–H and O–H groups in total. The molecule has 1 aromatic heterocycles. The highest BCUT2D eigenvalue weighted by Crippen LogP contribution is 2.35. The first kappa shape index (κ1) is 24.8. The van der Waals surface area contributed by atoms with Gasteiger partial charge >= 0.3 is 6.03 Å². The SMILES string of the molecule is CCCc1c(OCCCN2C(=O)NC(=O)C2(C)c2ccccc2)ccc2c(CC(C)(C)C)noc12. The van der Waals surface area contributed by atoms with E-state index in [0.29, 0.717) is 19.6 Å². The molecule has 0 saturated carbocycles. The van der Waals surface area contributed by atoms with E-state index in [-0.39, 0.29) is 17.4 Å². The minimum absolute atomic E-state index is 0.112. The van der Waals surface area contributed by atoms with Gasteiger partial charge in [0.2, 0.25) is 0 Å². The third-order valence-electron chi connectivity index (χ3n) is 6.54. The molecule has 186 valence electrons. The lowest BCUT2D eigenvalue weighted by Gasteiger charge is -2.32. The van der Waals surface area contributed by atoms with Gasteiger partial charge < -0.3 is 14.2 Å². The molecule has 0 aliphatic carbocycles. The molecular weight excluding hydrogens is 442 g/mol. The van der Waals surface area contributed by atoms with E-state index in [4.69, 9.17) is 9.26 Å². The van der Waals surface area contributed by atoms with Crippen LogP contribution in [-0.4, -0.2) is 35.1 Å². The summed E-state index contributed by atoms with van der Waals surface area (Å²) in [5.74, 6) is 0.479. The summed E-state index contributed by atoms with van der Waals surface area (Å²) in [5, 5.41) is 7.87. The predicted octanol–water partition coefficient (Wildman–Crippen LogP) is 5.61. The van der Waals surface area contributed by atoms with Gasteiger partial charge in [-0.1, -0.05) is 69.6 Å². The maximum Gasteiger partial charge on any atom is 0.325 e. The van der Waals surface area contributed by atoms with Crippen molar-refractivity contribution >= 4 is 22.9 Å². The summed E-state index contributed by atoms with van der Waals surface area (Å²) in [6.07, 6.45) is 3.20. The van der Waals surface area contributed by atoms with Crippen molar-refractivity contribution in [3.05, 3.63) is 59.3 Å². The number of benzene rings is 2. The molecule has 2 aromatic carbocycles. The number of aryl methyl sites for hydroxylation is 1. The van der Waals surface area contributed by atoms with Gasteiger partial charge in [-0.2, -0.15) is 0 Å². The Morgan fingerprint density at radius 2 is 1.86 bits per heavy atom. The molecule has 3 amide bonds. The smallest absolute Gasteiger partial charge is 0.325 e. The topological polar surface area (TPSA) is 84.7 Å². The number of carbonyl (C=O) groups is 2. The van der Waals surface area contributed by atoms with Crippen molar-refractivity contribution in [2.75, 3.05) is 13.2 Å². The van der Waals surface area contributed by atoms with Gasteiger partial charge in [0.1, 0.15) is 11.3 Å². The highest BCUT2D eigenvalue weighted by molar-refractivity contribution is 6.07. The van der Waals surface area contributed by atoms with Crippen LogP contribution in [0, 0.1) is 5.41 Å². The van der Waals surface area contributed by atoms with Crippen LogP contribution in [0.4, 0.5) is 4.79 Å². The highest BCUT2D eigenvalue weighted by Gasteiger charge is 2.50. The van der Waals surface area contributed by atoms with E-state index >= 15 is 0 Å². The molecule has 1 fully saturated rings. The minimum atomic E-state index is -1.03. The lowest BCUT2D eigenvalue weighted by atomic mass is 9.89. The van der Waals surface area contributed by atoms with Gasteiger partial charge in [0.05, 0.1) is 12.3 Å². The third kappa shape index (κ3) is 4.90. The van der Waals surface area contributed by atoms with Gasteiger partial charge in [0.15, 0.2) is 5.58 Å². The average molecular weight is 478 g/mol. The number of carbonyl (C=O) groups excluding carboxylic acids is 2. The molecule has 7 heteroatoms. The quantitative estimate of drug-likeness (QED) is 0.320. The van der Waals surface area contributed by atoms with Crippen LogP contribution in [0.25, 0.3) is 11.0 Å². The molecule has 3 aromatic rings. The Morgan fingerprint density at radius 3 is 2.54 bits per heavy atom. The minimum Gasteiger partial charge on any atom is -0.493 e. The summed E-state index contributed by atoms with van der Waals surface area (Å²) in [5.41, 5.74) is 2.67. The van der Waals surface area contributed by atoms with Crippen molar-refractivity contribution < 1.29 is 18.8 Å². The number of imide groups is 1. The van der Waals surface area contributed by atoms with Crippen LogP contribution in [0.5, 0.6) is 5.75 Å². The molecule has 7 nitrogen and oxygen atoms in total. The lowest BCUT2D eigenvalue weighted by Crippen LogP contribution is -2.45. The number of ether oxygens (including phenoxy) is 1. The Labute approximate surface area is 206 Å². The Bertz CT molecular complexity index is 1210. The average Bonchev–Trinajstić information content (AvgIpc) is 3.30. The highest BCUT2D eigenvalue weighted by atomic mass is 16.5. The first-order chi connectivity index (χ1) is 16.6. The largest absolute Gasteiger partial charge is 0.493 e. The third-order valence-corrected chi connectivity index (χ3v) is 6.54. The summed E-state index contributed by atoms with van der Waals surface area (Å²) >= 11 is 0. The van der Waals surface area contributed by atoms with Crippen molar-refractivity contribution in [1.82, 2.24) is 15.4 Å². The van der Waals surface area contributed by atoms with Crippen molar-refractivity contribution in [2.24, 2.45) is 5.41 Å². The monoisotopic (exact) mass is 477 g/mol. The molecule has 0 radical (unpaired) electrons. The molecule has 1 atom stereocenters. The van der Waals surface area contributed by atoms with Gasteiger partial charge in [0, 0.05) is 17.5 Å². The molecule has 4 rings (SSSR count). The number of nitrogens with zero attached hydrogens (tertiary/aromatic N) is 2. The van der Waals surface area contributed by atoms with Crippen molar-refractivity contribution in [2.45, 2.75) is 65.8 Å².